The second-order valence-electron chi connectivity index (χ2n) is 3.89. The van der Waals surface area contributed by atoms with Crippen molar-refractivity contribution in [3.63, 3.8) is 0 Å². The van der Waals surface area contributed by atoms with Gasteiger partial charge in [-0.2, -0.15) is 0 Å². The van der Waals surface area contributed by atoms with Crippen LogP contribution >= 0.6 is 11.3 Å². The van der Waals surface area contributed by atoms with Crippen LogP contribution in [0.5, 0.6) is 0 Å². The predicted octanol–water partition coefficient (Wildman–Crippen LogP) is 2.42. The number of rotatable bonds is 4. The number of aryl methyl sites for hydroxylation is 1. The van der Waals surface area contributed by atoms with Crippen molar-refractivity contribution in [2.24, 2.45) is 0 Å². The second-order valence-corrected chi connectivity index (χ2v) is 5.12. The molecule has 1 aromatic carbocycles. The fraction of sp³-hybridized carbons (Fsp3) is 0.231. The molecule has 4 nitrogen and oxygen atoms in total. The Morgan fingerprint density at radius 2 is 2.17 bits per heavy atom. The predicted molar refractivity (Wildman–Crippen MR) is 74.0 cm³/mol. The second kappa shape index (κ2) is 5.75. The molecule has 0 aliphatic heterocycles. The summed E-state index contributed by atoms with van der Waals surface area (Å²) in [5.74, 6) is -0.107. The van der Waals surface area contributed by atoms with E-state index in [4.69, 9.17) is 0 Å². The molecule has 0 atom stereocenters. The number of hydrogen-bond donors (Lipinski definition) is 2. The number of benzene rings is 1. The van der Waals surface area contributed by atoms with E-state index < -0.39 is 0 Å². The highest BCUT2D eigenvalue weighted by Gasteiger charge is 2.10. The third kappa shape index (κ3) is 2.94. The number of nitrogens with one attached hydrogen (secondary N) is 2. The lowest BCUT2D eigenvalue weighted by molar-refractivity contribution is 0.103. The van der Waals surface area contributed by atoms with Crippen LogP contribution in [0.2, 0.25) is 0 Å². The van der Waals surface area contributed by atoms with Crippen LogP contribution in [0.25, 0.3) is 0 Å². The maximum atomic E-state index is 12.0. The maximum absolute atomic E-state index is 12.0. The van der Waals surface area contributed by atoms with Crippen molar-refractivity contribution < 1.29 is 4.79 Å². The van der Waals surface area contributed by atoms with E-state index >= 15 is 0 Å². The Morgan fingerprint density at radius 1 is 1.39 bits per heavy atom. The SMILES string of the molecule is CNCc1ccccc1NC(=O)c1cnc(C)s1. The van der Waals surface area contributed by atoms with Crippen LogP contribution in [-0.2, 0) is 6.54 Å². The molecule has 2 N–H and O–H groups in total. The Kier molecular flexibility index (Phi) is 4.07. The van der Waals surface area contributed by atoms with E-state index in [1.807, 2.05) is 38.2 Å². The number of para-hydroxylation sites is 1. The molecule has 0 unspecified atom stereocenters. The largest absolute Gasteiger partial charge is 0.321 e. The van der Waals surface area contributed by atoms with E-state index in [2.05, 4.69) is 15.6 Å². The number of carbonyl (C=O) groups excluding carboxylic acids is 1. The Bertz CT molecular complexity index is 551. The van der Waals surface area contributed by atoms with E-state index in [1.54, 1.807) is 6.20 Å². The first-order valence-corrected chi connectivity index (χ1v) is 6.48. The smallest absolute Gasteiger partial charge is 0.267 e. The molecular weight excluding hydrogens is 246 g/mol. The zero-order valence-corrected chi connectivity index (χ0v) is 11.2. The average Bonchev–Trinajstić information content (AvgIpc) is 2.79. The summed E-state index contributed by atoms with van der Waals surface area (Å²) >= 11 is 1.40. The lowest BCUT2D eigenvalue weighted by Crippen LogP contribution is -2.14. The fourth-order valence-electron chi connectivity index (χ4n) is 1.64. The van der Waals surface area contributed by atoms with Gasteiger partial charge in [0.25, 0.3) is 5.91 Å². The molecule has 1 heterocycles. The lowest BCUT2D eigenvalue weighted by atomic mass is 10.1. The minimum absolute atomic E-state index is 0.107. The number of thiazole rings is 1. The molecule has 2 aromatic rings. The highest BCUT2D eigenvalue weighted by molar-refractivity contribution is 7.13. The summed E-state index contributed by atoms with van der Waals surface area (Å²) in [5.41, 5.74) is 1.90. The minimum Gasteiger partial charge on any atom is -0.321 e. The molecule has 1 aromatic heterocycles. The Hall–Kier alpha value is -1.72. The standard InChI is InChI=1S/C13H15N3OS/c1-9-15-8-12(18-9)13(17)16-11-6-4-3-5-10(11)7-14-2/h3-6,8,14H,7H2,1-2H3,(H,16,17). The summed E-state index contributed by atoms with van der Waals surface area (Å²) in [6.07, 6.45) is 1.61. The minimum atomic E-state index is -0.107. The first-order valence-electron chi connectivity index (χ1n) is 5.67. The third-order valence-electron chi connectivity index (χ3n) is 2.48. The van der Waals surface area contributed by atoms with Crippen LogP contribution in [0.15, 0.2) is 30.5 Å². The summed E-state index contributed by atoms with van der Waals surface area (Å²) in [4.78, 5) is 16.7. The maximum Gasteiger partial charge on any atom is 0.267 e. The number of nitrogens with zero attached hydrogens (tertiary/aromatic N) is 1. The van der Waals surface area contributed by atoms with Gasteiger partial charge in [-0.25, -0.2) is 4.98 Å². The monoisotopic (exact) mass is 261 g/mol. The molecule has 1 amide bonds. The summed E-state index contributed by atoms with van der Waals surface area (Å²) in [7, 11) is 1.88. The Labute approximate surface area is 110 Å². The van der Waals surface area contributed by atoms with Gasteiger partial charge in [-0.1, -0.05) is 18.2 Å². The summed E-state index contributed by atoms with van der Waals surface area (Å²) in [6, 6.07) is 7.76. The van der Waals surface area contributed by atoms with Crippen molar-refractivity contribution in [1.29, 1.82) is 0 Å². The van der Waals surface area contributed by atoms with Gasteiger partial charge in [0.2, 0.25) is 0 Å². The Morgan fingerprint density at radius 3 is 2.83 bits per heavy atom. The lowest BCUT2D eigenvalue weighted by Gasteiger charge is -2.09. The topological polar surface area (TPSA) is 54.0 Å². The van der Waals surface area contributed by atoms with Crippen molar-refractivity contribution in [1.82, 2.24) is 10.3 Å². The number of amides is 1. The third-order valence-corrected chi connectivity index (χ3v) is 3.39. The van der Waals surface area contributed by atoms with Gasteiger partial charge in [0.05, 0.1) is 11.2 Å². The molecule has 0 radical (unpaired) electrons. The van der Waals surface area contributed by atoms with Gasteiger partial charge in [0, 0.05) is 12.2 Å². The van der Waals surface area contributed by atoms with Crippen LogP contribution in [0.1, 0.15) is 20.2 Å². The highest BCUT2D eigenvalue weighted by atomic mass is 32.1. The fourth-order valence-corrected chi connectivity index (χ4v) is 2.31. The molecule has 18 heavy (non-hydrogen) atoms. The van der Waals surface area contributed by atoms with Crippen LogP contribution in [0.3, 0.4) is 0 Å². The summed E-state index contributed by atoms with van der Waals surface area (Å²) < 4.78 is 0. The molecular formula is C13H15N3OS. The van der Waals surface area contributed by atoms with E-state index in [0.717, 1.165) is 22.8 Å². The van der Waals surface area contributed by atoms with Gasteiger partial charge < -0.3 is 10.6 Å². The number of aromatic nitrogens is 1. The molecule has 0 aliphatic rings. The summed E-state index contributed by atoms with van der Waals surface area (Å²) in [6.45, 7) is 2.61. The quantitative estimate of drug-likeness (QED) is 0.888. The van der Waals surface area contributed by atoms with Gasteiger partial charge in [-0.3, -0.25) is 4.79 Å². The molecule has 0 saturated carbocycles. The number of hydrogen-bond acceptors (Lipinski definition) is 4. The molecule has 0 fully saturated rings. The van der Waals surface area contributed by atoms with Crippen LogP contribution in [0.4, 0.5) is 5.69 Å². The van der Waals surface area contributed by atoms with Crippen molar-refractivity contribution >= 4 is 22.9 Å². The summed E-state index contributed by atoms with van der Waals surface area (Å²) in [5, 5.41) is 6.89. The molecule has 0 bridgehead atoms. The molecule has 0 aliphatic carbocycles. The van der Waals surface area contributed by atoms with Crippen molar-refractivity contribution in [3.8, 4) is 0 Å². The van der Waals surface area contributed by atoms with Gasteiger partial charge in [-0.05, 0) is 25.6 Å². The van der Waals surface area contributed by atoms with Crippen molar-refractivity contribution in [2.75, 3.05) is 12.4 Å². The normalized spacial score (nSPS) is 10.3. The number of anilines is 1. The molecule has 0 spiro atoms. The van der Waals surface area contributed by atoms with Gasteiger partial charge in [0.1, 0.15) is 4.88 Å². The average molecular weight is 261 g/mol. The molecule has 5 heteroatoms. The van der Waals surface area contributed by atoms with Crippen molar-refractivity contribution in [2.45, 2.75) is 13.5 Å². The van der Waals surface area contributed by atoms with Gasteiger partial charge in [-0.15, -0.1) is 11.3 Å². The van der Waals surface area contributed by atoms with Crippen LogP contribution < -0.4 is 10.6 Å². The van der Waals surface area contributed by atoms with E-state index in [-0.39, 0.29) is 5.91 Å². The molecule has 0 saturated heterocycles. The Balaban J connectivity index is 2.16. The van der Waals surface area contributed by atoms with Crippen molar-refractivity contribution in [3.05, 3.63) is 45.9 Å². The van der Waals surface area contributed by atoms with Gasteiger partial charge >= 0.3 is 0 Å². The van der Waals surface area contributed by atoms with Crippen LogP contribution in [-0.4, -0.2) is 17.9 Å². The molecule has 94 valence electrons. The zero-order chi connectivity index (χ0) is 13.0. The first kappa shape index (κ1) is 12.7. The van der Waals surface area contributed by atoms with E-state index in [9.17, 15) is 4.79 Å². The number of carbonyl (C=O) groups is 1. The van der Waals surface area contributed by atoms with Gasteiger partial charge in [0.15, 0.2) is 0 Å². The highest BCUT2D eigenvalue weighted by Crippen LogP contribution is 2.18. The first-order chi connectivity index (χ1) is 8.70. The van der Waals surface area contributed by atoms with E-state index in [1.165, 1.54) is 11.3 Å². The van der Waals surface area contributed by atoms with E-state index in [0.29, 0.717) is 4.88 Å². The van der Waals surface area contributed by atoms with Crippen LogP contribution in [0, 0.1) is 6.92 Å². The zero-order valence-electron chi connectivity index (χ0n) is 10.4. The molecule has 2 rings (SSSR count).